The first-order valence-electron chi connectivity index (χ1n) is 6.98. The number of benzene rings is 1. The highest BCUT2D eigenvalue weighted by atomic mass is 35.5. The number of amides is 2. The van der Waals surface area contributed by atoms with Crippen LogP contribution >= 0.6 is 11.6 Å². The van der Waals surface area contributed by atoms with Gasteiger partial charge < -0.3 is 15.5 Å². The highest BCUT2D eigenvalue weighted by molar-refractivity contribution is 6.30. The first-order valence-corrected chi connectivity index (χ1v) is 7.36. The molecule has 114 valence electrons. The molecule has 1 aromatic carbocycles. The van der Waals surface area contributed by atoms with Crippen LogP contribution in [0.1, 0.15) is 18.0 Å². The van der Waals surface area contributed by atoms with Gasteiger partial charge in [0, 0.05) is 31.6 Å². The minimum atomic E-state index is -0.377. The standard InChI is InChI=1S/C15H20ClN3O2/c1-17-6-7-18-15(21)12-9-13(20)19(2)14(12)10-4-3-5-11(16)8-10/h3-5,8,12,14,17H,6-7,9H2,1-2H3,(H,18,21). The van der Waals surface area contributed by atoms with E-state index in [-0.39, 0.29) is 30.2 Å². The zero-order valence-electron chi connectivity index (χ0n) is 12.2. The zero-order chi connectivity index (χ0) is 15.4. The molecule has 0 radical (unpaired) electrons. The van der Waals surface area contributed by atoms with Crippen molar-refractivity contribution in [3.8, 4) is 0 Å². The SMILES string of the molecule is CNCCNC(=O)C1CC(=O)N(C)C1c1cccc(Cl)c1. The van der Waals surface area contributed by atoms with Crippen LogP contribution in [0.3, 0.4) is 0 Å². The van der Waals surface area contributed by atoms with Crippen molar-refractivity contribution in [2.45, 2.75) is 12.5 Å². The molecule has 2 unspecified atom stereocenters. The lowest BCUT2D eigenvalue weighted by molar-refractivity contribution is -0.128. The van der Waals surface area contributed by atoms with Crippen molar-refractivity contribution in [1.29, 1.82) is 0 Å². The highest BCUT2D eigenvalue weighted by Gasteiger charge is 2.42. The van der Waals surface area contributed by atoms with E-state index in [4.69, 9.17) is 11.6 Å². The molecule has 1 saturated heterocycles. The average Bonchev–Trinajstić information content (AvgIpc) is 2.75. The summed E-state index contributed by atoms with van der Waals surface area (Å²) in [7, 11) is 3.56. The Balaban J connectivity index is 2.19. The van der Waals surface area contributed by atoms with Gasteiger partial charge in [-0.15, -0.1) is 0 Å². The molecule has 2 atom stereocenters. The number of likely N-dealkylation sites (tertiary alicyclic amines) is 1. The lowest BCUT2D eigenvalue weighted by Gasteiger charge is -2.25. The van der Waals surface area contributed by atoms with E-state index in [9.17, 15) is 9.59 Å². The molecule has 2 rings (SSSR count). The summed E-state index contributed by atoms with van der Waals surface area (Å²) >= 11 is 6.02. The van der Waals surface area contributed by atoms with Crippen LogP contribution in [0.5, 0.6) is 0 Å². The van der Waals surface area contributed by atoms with Crippen molar-refractivity contribution in [3.63, 3.8) is 0 Å². The van der Waals surface area contributed by atoms with Crippen LogP contribution in [0.2, 0.25) is 5.02 Å². The molecule has 1 heterocycles. The summed E-state index contributed by atoms with van der Waals surface area (Å²) in [6.45, 7) is 1.25. The fraction of sp³-hybridized carbons (Fsp3) is 0.467. The number of nitrogens with zero attached hydrogens (tertiary/aromatic N) is 1. The molecule has 0 aromatic heterocycles. The molecule has 0 bridgehead atoms. The summed E-state index contributed by atoms with van der Waals surface area (Å²) in [5, 5.41) is 6.45. The number of hydrogen-bond acceptors (Lipinski definition) is 3. The summed E-state index contributed by atoms with van der Waals surface area (Å²) in [5.41, 5.74) is 0.893. The minimum Gasteiger partial charge on any atom is -0.354 e. The van der Waals surface area contributed by atoms with E-state index >= 15 is 0 Å². The van der Waals surface area contributed by atoms with Crippen LogP contribution in [-0.4, -0.2) is 43.9 Å². The molecule has 1 fully saturated rings. The molecular weight excluding hydrogens is 290 g/mol. The maximum absolute atomic E-state index is 12.3. The third-order valence-corrected chi connectivity index (χ3v) is 4.02. The molecule has 1 aliphatic rings. The normalized spacial score (nSPS) is 21.7. The van der Waals surface area contributed by atoms with Crippen molar-refractivity contribution in [3.05, 3.63) is 34.9 Å². The van der Waals surface area contributed by atoms with Crippen molar-refractivity contribution in [2.24, 2.45) is 5.92 Å². The quantitative estimate of drug-likeness (QED) is 0.803. The predicted octanol–water partition coefficient (Wildman–Crippen LogP) is 1.19. The number of rotatable bonds is 5. The van der Waals surface area contributed by atoms with Crippen molar-refractivity contribution in [2.75, 3.05) is 27.2 Å². The molecule has 21 heavy (non-hydrogen) atoms. The molecule has 2 amide bonds. The minimum absolute atomic E-state index is 0.0197. The summed E-state index contributed by atoms with van der Waals surface area (Å²) < 4.78 is 0. The number of carbonyl (C=O) groups is 2. The van der Waals surface area contributed by atoms with Gasteiger partial charge in [0.15, 0.2) is 0 Å². The Kier molecular flexibility index (Phi) is 5.20. The highest BCUT2D eigenvalue weighted by Crippen LogP contribution is 2.37. The van der Waals surface area contributed by atoms with Crippen molar-refractivity contribution >= 4 is 23.4 Å². The molecule has 1 aliphatic heterocycles. The molecule has 6 heteroatoms. The summed E-state index contributed by atoms with van der Waals surface area (Å²) in [6, 6.07) is 7.08. The van der Waals surface area contributed by atoms with Gasteiger partial charge in [-0.05, 0) is 24.7 Å². The molecule has 0 spiro atoms. The molecular formula is C15H20ClN3O2. The van der Waals surface area contributed by atoms with E-state index in [1.54, 1.807) is 18.0 Å². The molecule has 5 nitrogen and oxygen atoms in total. The Morgan fingerprint density at radius 1 is 1.43 bits per heavy atom. The second kappa shape index (κ2) is 6.91. The number of likely N-dealkylation sites (N-methyl/N-ethyl adjacent to an activating group) is 1. The van der Waals surface area contributed by atoms with Gasteiger partial charge in [0.05, 0.1) is 12.0 Å². The largest absolute Gasteiger partial charge is 0.354 e. The van der Waals surface area contributed by atoms with Gasteiger partial charge >= 0.3 is 0 Å². The second-order valence-corrected chi connectivity index (χ2v) is 5.65. The first-order chi connectivity index (χ1) is 10.0. The fourth-order valence-corrected chi connectivity index (χ4v) is 2.89. The Labute approximate surface area is 129 Å². The van der Waals surface area contributed by atoms with Gasteiger partial charge in [0.1, 0.15) is 0 Å². The number of halogens is 1. The van der Waals surface area contributed by atoms with Gasteiger partial charge in [-0.2, -0.15) is 0 Å². The number of carbonyl (C=O) groups excluding carboxylic acids is 2. The van der Waals surface area contributed by atoms with E-state index in [2.05, 4.69) is 10.6 Å². The van der Waals surface area contributed by atoms with Gasteiger partial charge in [0.25, 0.3) is 0 Å². The van der Waals surface area contributed by atoms with Gasteiger partial charge in [-0.25, -0.2) is 0 Å². The van der Waals surface area contributed by atoms with Crippen LogP contribution in [0.25, 0.3) is 0 Å². The monoisotopic (exact) mass is 309 g/mol. The van der Waals surface area contributed by atoms with E-state index in [1.165, 1.54) is 0 Å². The van der Waals surface area contributed by atoms with Crippen LogP contribution in [0, 0.1) is 5.92 Å². The van der Waals surface area contributed by atoms with Gasteiger partial charge in [0.2, 0.25) is 11.8 Å². The lowest BCUT2D eigenvalue weighted by Crippen LogP contribution is -2.37. The van der Waals surface area contributed by atoms with Gasteiger partial charge in [-0.3, -0.25) is 9.59 Å². The summed E-state index contributed by atoms with van der Waals surface area (Å²) in [5.74, 6) is -0.487. The van der Waals surface area contributed by atoms with Crippen molar-refractivity contribution in [1.82, 2.24) is 15.5 Å². The fourth-order valence-electron chi connectivity index (χ4n) is 2.69. The van der Waals surface area contributed by atoms with Crippen LogP contribution < -0.4 is 10.6 Å². The van der Waals surface area contributed by atoms with E-state index in [0.717, 1.165) is 5.56 Å². The topological polar surface area (TPSA) is 61.4 Å². The van der Waals surface area contributed by atoms with Crippen molar-refractivity contribution < 1.29 is 9.59 Å². The second-order valence-electron chi connectivity index (χ2n) is 5.21. The van der Waals surface area contributed by atoms with Gasteiger partial charge in [-0.1, -0.05) is 23.7 Å². The Morgan fingerprint density at radius 3 is 2.86 bits per heavy atom. The van der Waals surface area contributed by atoms with Crippen LogP contribution in [0.15, 0.2) is 24.3 Å². The Bertz CT molecular complexity index is 535. The number of nitrogens with one attached hydrogen (secondary N) is 2. The smallest absolute Gasteiger partial charge is 0.226 e. The Hall–Kier alpha value is -1.59. The molecule has 2 N–H and O–H groups in total. The van der Waals surface area contributed by atoms with E-state index < -0.39 is 0 Å². The Morgan fingerprint density at radius 2 is 2.19 bits per heavy atom. The predicted molar refractivity (Wildman–Crippen MR) is 82.0 cm³/mol. The number of hydrogen-bond donors (Lipinski definition) is 2. The van der Waals surface area contributed by atoms with Crippen LogP contribution in [0.4, 0.5) is 0 Å². The molecule has 0 aliphatic carbocycles. The van der Waals surface area contributed by atoms with E-state index in [1.807, 2.05) is 25.2 Å². The average molecular weight is 310 g/mol. The summed E-state index contributed by atoms with van der Waals surface area (Å²) in [4.78, 5) is 26.0. The summed E-state index contributed by atoms with van der Waals surface area (Å²) in [6.07, 6.45) is 0.235. The third kappa shape index (κ3) is 3.54. The maximum Gasteiger partial charge on any atom is 0.226 e. The van der Waals surface area contributed by atoms with Crippen LogP contribution in [-0.2, 0) is 9.59 Å². The third-order valence-electron chi connectivity index (χ3n) is 3.79. The first kappa shape index (κ1) is 15.8. The van der Waals surface area contributed by atoms with E-state index in [0.29, 0.717) is 18.1 Å². The molecule has 0 saturated carbocycles. The maximum atomic E-state index is 12.3. The lowest BCUT2D eigenvalue weighted by atomic mass is 9.93. The zero-order valence-corrected chi connectivity index (χ0v) is 13.0. The molecule has 1 aromatic rings.